The Kier molecular flexibility index (Phi) is 6.82. The summed E-state index contributed by atoms with van der Waals surface area (Å²) in [5.41, 5.74) is 4.06. The fraction of sp³-hybridized carbons (Fsp3) is 0.292. The highest BCUT2D eigenvalue weighted by Gasteiger charge is 2.11. The van der Waals surface area contributed by atoms with Crippen LogP contribution in [0.5, 0.6) is 0 Å². The van der Waals surface area contributed by atoms with Crippen molar-refractivity contribution in [3.63, 3.8) is 0 Å². The largest absolute Gasteiger partial charge is 0.372 e. The van der Waals surface area contributed by atoms with Gasteiger partial charge in [-0.05, 0) is 68.1 Å². The molecule has 1 saturated heterocycles. The fourth-order valence-corrected chi connectivity index (χ4v) is 4.17. The zero-order valence-corrected chi connectivity index (χ0v) is 18.3. The van der Waals surface area contributed by atoms with Gasteiger partial charge in [-0.25, -0.2) is 4.39 Å². The summed E-state index contributed by atoms with van der Waals surface area (Å²) < 4.78 is 13.6. The summed E-state index contributed by atoms with van der Waals surface area (Å²) in [6.45, 7) is 3.93. The number of hydrogen-bond donors (Lipinski definition) is 1. The average molecular weight is 437 g/mol. The molecule has 0 radical (unpaired) electrons. The molecular weight excluding hydrogens is 411 g/mol. The molecule has 4 rings (SSSR count). The van der Waals surface area contributed by atoms with Gasteiger partial charge in [0.15, 0.2) is 0 Å². The fourth-order valence-electron chi connectivity index (χ4n) is 3.55. The van der Waals surface area contributed by atoms with Crippen LogP contribution in [-0.2, 0) is 4.79 Å². The first-order valence-electron chi connectivity index (χ1n) is 10.5. The molecule has 0 saturated carbocycles. The Morgan fingerprint density at radius 1 is 1.03 bits per heavy atom. The Hall–Kier alpha value is -2.93. The number of rotatable bonds is 6. The highest BCUT2D eigenvalue weighted by Crippen LogP contribution is 2.25. The molecule has 0 spiro atoms. The zero-order valence-electron chi connectivity index (χ0n) is 17.5. The van der Waals surface area contributed by atoms with Crippen molar-refractivity contribution in [2.45, 2.75) is 31.2 Å². The lowest BCUT2D eigenvalue weighted by Crippen LogP contribution is -2.29. The highest BCUT2D eigenvalue weighted by molar-refractivity contribution is 7.99. The van der Waals surface area contributed by atoms with Gasteiger partial charge in [0.25, 0.3) is 0 Å². The number of carbonyl (C=O) groups excluding carboxylic acids is 1. The van der Waals surface area contributed by atoms with Crippen molar-refractivity contribution >= 4 is 29.0 Å². The number of hydrogen-bond acceptors (Lipinski definition) is 5. The van der Waals surface area contributed by atoms with E-state index in [0.717, 1.165) is 24.3 Å². The van der Waals surface area contributed by atoms with Crippen LogP contribution in [0, 0.1) is 12.7 Å². The van der Waals surface area contributed by atoms with Crippen molar-refractivity contribution in [1.29, 1.82) is 0 Å². The van der Waals surface area contributed by atoms with E-state index in [9.17, 15) is 9.18 Å². The maximum atomic E-state index is 13.6. The van der Waals surface area contributed by atoms with Crippen LogP contribution in [-0.4, -0.2) is 34.9 Å². The van der Waals surface area contributed by atoms with Gasteiger partial charge in [-0.1, -0.05) is 30.0 Å². The normalized spacial score (nSPS) is 13.8. The van der Waals surface area contributed by atoms with E-state index in [1.807, 2.05) is 12.1 Å². The molecule has 1 aliphatic heterocycles. The van der Waals surface area contributed by atoms with Crippen molar-refractivity contribution in [3.8, 4) is 11.3 Å². The third-order valence-corrected chi connectivity index (χ3v) is 6.25. The van der Waals surface area contributed by atoms with Crippen LogP contribution in [0.25, 0.3) is 11.3 Å². The maximum absolute atomic E-state index is 13.6. The summed E-state index contributed by atoms with van der Waals surface area (Å²) in [5.74, 6) is -0.378. The van der Waals surface area contributed by atoms with Crippen LogP contribution < -0.4 is 10.2 Å². The number of aryl methyl sites for hydroxylation is 1. The zero-order chi connectivity index (χ0) is 21.6. The van der Waals surface area contributed by atoms with E-state index in [-0.39, 0.29) is 17.5 Å². The molecule has 2 aromatic carbocycles. The van der Waals surface area contributed by atoms with Gasteiger partial charge in [0, 0.05) is 30.0 Å². The third-order valence-electron chi connectivity index (χ3n) is 5.33. The molecule has 2 heterocycles. The molecular formula is C24H25FN4OS. The van der Waals surface area contributed by atoms with Crippen molar-refractivity contribution in [3.05, 3.63) is 66.0 Å². The summed E-state index contributed by atoms with van der Waals surface area (Å²) in [6, 6.07) is 16.9. The second kappa shape index (κ2) is 9.92. The molecule has 160 valence electrons. The van der Waals surface area contributed by atoms with Gasteiger partial charge < -0.3 is 10.2 Å². The Labute approximate surface area is 186 Å². The number of nitrogens with one attached hydrogen (secondary N) is 1. The molecule has 31 heavy (non-hydrogen) atoms. The molecule has 7 heteroatoms. The number of aromatic nitrogens is 2. The first-order valence-corrected chi connectivity index (χ1v) is 11.4. The van der Waals surface area contributed by atoms with Gasteiger partial charge in [0.2, 0.25) is 5.91 Å². The molecule has 0 unspecified atom stereocenters. The van der Waals surface area contributed by atoms with E-state index in [2.05, 4.69) is 44.7 Å². The molecule has 1 N–H and O–H groups in total. The van der Waals surface area contributed by atoms with Crippen LogP contribution in [0.4, 0.5) is 15.8 Å². The van der Waals surface area contributed by atoms with Gasteiger partial charge in [0.05, 0.1) is 11.4 Å². The van der Waals surface area contributed by atoms with E-state index in [1.54, 1.807) is 19.1 Å². The van der Waals surface area contributed by atoms with Gasteiger partial charge in [0.1, 0.15) is 10.8 Å². The monoisotopic (exact) mass is 436 g/mol. The van der Waals surface area contributed by atoms with E-state index in [4.69, 9.17) is 0 Å². The molecule has 0 atom stereocenters. The van der Waals surface area contributed by atoms with E-state index in [0.29, 0.717) is 16.3 Å². The van der Waals surface area contributed by atoms with Gasteiger partial charge in [-0.15, -0.1) is 10.2 Å². The standard InChI is InChI=1S/C24H25FN4OS/c1-17-5-8-19(15-21(17)25)26-23(30)16-31-24-12-11-22(27-28-24)18-6-9-20(10-7-18)29-13-3-2-4-14-29/h5-12,15H,2-4,13-14,16H2,1H3,(H,26,30). The third kappa shape index (κ3) is 5.61. The Balaban J connectivity index is 1.31. The predicted octanol–water partition coefficient (Wildman–Crippen LogP) is 5.31. The molecule has 5 nitrogen and oxygen atoms in total. The first kappa shape index (κ1) is 21.3. The Morgan fingerprint density at radius 2 is 1.81 bits per heavy atom. The van der Waals surface area contributed by atoms with Crippen molar-refractivity contribution < 1.29 is 9.18 Å². The molecule has 3 aromatic rings. The topological polar surface area (TPSA) is 58.1 Å². The minimum Gasteiger partial charge on any atom is -0.372 e. The minimum atomic E-state index is -0.337. The second-order valence-corrected chi connectivity index (χ2v) is 8.65. The molecule has 1 fully saturated rings. The first-order chi connectivity index (χ1) is 15.1. The number of amides is 1. The minimum absolute atomic E-state index is 0.175. The van der Waals surface area contributed by atoms with Crippen LogP contribution in [0.1, 0.15) is 24.8 Å². The van der Waals surface area contributed by atoms with Crippen LogP contribution in [0.3, 0.4) is 0 Å². The summed E-state index contributed by atoms with van der Waals surface area (Å²) in [6.07, 6.45) is 3.83. The highest BCUT2D eigenvalue weighted by atomic mass is 32.2. The molecule has 1 amide bonds. The van der Waals surface area contributed by atoms with Crippen molar-refractivity contribution in [2.75, 3.05) is 29.1 Å². The summed E-state index contributed by atoms with van der Waals surface area (Å²) >= 11 is 1.29. The lowest BCUT2D eigenvalue weighted by Gasteiger charge is -2.28. The number of thioether (sulfide) groups is 1. The van der Waals surface area contributed by atoms with E-state index in [1.165, 1.54) is 42.8 Å². The van der Waals surface area contributed by atoms with Crippen molar-refractivity contribution in [1.82, 2.24) is 10.2 Å². The lowest BCUT2D eigenvalue weighted by molar-refractivity contribution is -0.113. The Bertz CT molecular complexity index is 1030. The summed E-state index contributed by atoms with van der Waals surface area (Å²) in [4.78, 5) is 14.6. The van der Waals surface area contributed by atoms with Crippen LogP contribution in [0.15, 0.2) is 59.6 Å². The van der Waals surface area contributed by atoms with Gasteiger partial charge in [-0.3, -0.25) is 4.79 Å². The van der Waals surface area contributed by atoms with Gasteiger partial charge in [-0.2, -0.15) is 0 Å². The van der Waals surface area contributed by atoms with Gasteiger partial charge >= 0.3 is 0 Å². The molecule has 1 aliphatic rings. The second-order valence-electron chi connectivity index (χ2n) is 7.65. The number of anilines is 2. The van der Waals surface area contributed by atoms with Crippen LogP contribution in [0.2, 0.25) is 0 Å². The van der Waals surface area contributed by atoms with Crippen LogP contribution >= 0.6 is 11.8 Å². The SMILES string of the molecule is Cc1ccc(NC(=O)CSc2ccc(-c3ccc(N4CCCCC4)cc3)nn2)cc1F. The molecule has 1 aromatic heterocycles. The quantitative estimate of drug-likeness (QED) is 0.531. The summed E-state index contributed by atoms with van der Waals surface area (Å²) in [5, 5.41) is 11.9. The number of carbonyl (C=O) groups is 1. The molecule has 0 bridgehead atoms. The van der Waals surface area contributed by atoms with E-state index < -0.39 is 0 Å². The van der Waals surface area contributed by atoms with E-state index >= 15 is 0 Å². The number of nitrogens with zero attached hydrogens (tertiary/aromatic N) is 3. The maximum Gasteiger partial charge on any atom is 0.234 e. The number of benzene rings is 2. The average Bonchev–Trinajstić information content (AvgIpc) is 2.81. The lowest BCUT2D eigenvalue weighted by atomic mass is 10.1. The predicted molar refractivity (Wildman–Crippen MR) is 124 cm³/mol. The Morgan fingerprint density at radius 3 is 2.48 bits per heavy atom. The molecule has 0 aliphatic carbocycles. The number of halogens is 1. The summed E-state index contributed by atoms with van der Waals surface area (Å²) in [7, 11) is 0. The smallest absolute Gasteiger partial charge is 0.234 e. The number of piperidine rings is 1. The van der Waals surface area contributed by atoms with Crippen molar-refractivity contribution in [2.24, 2.45) is 0 Å².